The first-order valence-corrected chi connectivity index (χ1v) is 24.8. The quantitative estimate of drug-likeness (QED) is 0.168. The number of carboxylic acid groups (broad SMARTS) is 1. The van der Waals surface area contributed by atoms with Crippen LogP contribution in [0.2, 0.25) is 0 Å². The van der Waals surface area contributed by atoms with E-state index >= 15 is 0 Å². The molecule has 326 valence electrons. The lowest BCUT2D eigenvalue weighted by Gasteiger charge is -2.72. The molecular formula is C49H72FN3O5S. The number of sulfone groups is 1. The number of nitrogens with zero attached hydrogens (tertiary/aromatic N) is 2. The summed E-state index contributed by atoms with van der Waals surface area (Å²) in [5.74, 6) is 2.32. The summed E-state index contributed by atoms with van der Waals surface area (Å²) < 4.78 is 43.5. The van der Waals surface area contributed by atoms with Crippen molar-refractivity contribution in [2.45, 2.75) is 131 Å². The van der Waals surface area contributed by atoms with Gasteiger partial charge in [-0.1, -0.05) is 65.0 Å². The van der Waals surface area contributed by atoms with Gasteiger partial charge in [0.05, 0.1) is 23.5 Å². The van der Waals surface area contributed by atoms with Gasteiger partial charge < -0.3 is 20.1 Å². The van der Waals surface area contributed by atoms with Crippen molar-refractivity contribution in [2.75, 3.05) is 44.3 Å². The number of halogens is 1. The number of aliphatic carboxylic acids is 1. The van der Waals surface area contributed by atoms with Crippen molar-refractivity contribution in [3.05, 3.63) is 59.6 Å². The second-order valence-corrected chi connectivity index (χ2v) is 24.0. The number of ether oxygens (including phenoxy) is 1. The number of pyridine rings is 1. The summed E-state index contributed by atoms with van der Waals surface area (Å²) in [7, 11) is -2.88. The van der Waals surface area contributed by atoms with E-state index in [0.29, 0.717) is 61.9 Å². The van der Waals surface area contributed by atoms with Crippen LogP contribution in [-0.2, 0) is 14.6 Å². The lowest BCUT2D eigenvalue weighted by atomic mass is 9.33. The molecule has 2 heterocycles. The molecule has 7 aliphatic rings. The Labute approximate surface area is 354 Å². The van der Waals surface area contributed by atoms with Gasteiger partial charge in [-0.05, 0) is 159 Å². The molecule has 1 aliphatic heterocycles. The van der Waals surface area contributed by atoms with Gasteiger partial charge >= 0.3 is 5.97 Å². The number of rotatable bonds is 11. The van der Waals surface area contributed by atoms with Crippen molar-refractivity contribution in [1.82, 2.24) is 15.2 Å². The Kier molecular flexibility index (Phi) is 11.2. The molecule has 1 saturated heterocycles. The molecule has 0 unspecified atom stereocenters. The second-order valence-electron chi connectivity index (χ2n) is 21.7. The molecular weight excluding hydrogens is 762 g/mol. The van der Waals surface area contributed by atoms with Crippen LogP contribution in [-0.4, -0.2) is 79.2 Å². The first-order valence-electron chi connectivity index (χ1n) is 23.0. The van der Waals surface area contributed by atoms with E-state index in [9.17, 15) is 22.7 Å². The highest BCUT2D eigenvalue weighted by Crippen LogP contribution is 2.76. The predicted octanol–water partition coefficient (Wildman–Crippen LogP) is 9.44. The van der Waals surface area contributed by atoms with Gasteiger partial charge in [-0.2, -0.15) is 9.37 Å². The summed E-state index contributed by atoms with van der Waals surface area (Å²) in [6.45, 7) is 23.2. The van der Waals surface area contributed by atoms with Crippen molar-refractivity contribution in [3.63, 3.8) is 0 Å². The van der Waals surface area contributed by atoms with E-state index in [-0.39, 0.29) is 51.2 Å². The van der Waals surface area contributed by atoms with E-state index in [4.69, 9.17) is 4.74 Å². The number of nitrogens with one attached hydrogen (secondary N) is 1. The number of fused-ring (bicyclic) bond motifs is 7. The van der Waals surface area contributed by atoms with Crippen LogP contribution >= 0.6 is 0 Å². The molecule has 59 heavy (non-hydrogen) atoms. The molecule has 0 aromatic carbocycles. The van der Waals surface area contributed by atoms with Crippen LogP contribution < -0.4 is 10.1 Å². The maximum absolute atomic E-state index is 13.6. The fourth-order valence-corrected chi connectivity index (χ4v) is 16.8. The number of carbonyl (C=O) groups is 1. The van der Waals surface area contributed by atoms with E-state index in [2.05, 4.69) is 75.5 Å². The number of aromatic nitrogens is 1. The summed E-state index contributed by atoms with van der Waals surface area (Å²) in [6, 6.07) is 4.42. The van der Waals surface area contributed by atoms with Crippen molar-refractivity contribution in [1.29, 1.82) is 0 Å². The first-order chi connectivity index (χ1) is 27.8. The minimum atomic E-state index is -2.88. The highest BCUT2D eigenvalue weighted by molar-refractivity contribution is 7.91. The molecule has 1 aromatic heterocycles. The molecule has 0 radical (unpaired) electrons. The van der Waals surface area contributed by atoms with Crippen molar-refractivity contribution in [2.24, 2.45) is 56.7 Å². The van der Waals surface area contributed by atoms with E-state index in [1.807, 2.05) is 0 Å². The van der Waals surface area contributed by atoms with Gasteiger partial charge in [-0.25, -0.2) is 8.42 Å². The monoisotopic (exact) mass is 834 g/mol. The number of carboxylic acids is 1. The number of hydrogen-bond acceptors (Lipinski definition) is 7. The fraction of sp³-hybridized carbons (Fsp3) is 0.755. The second kappa shape index (κ2) is 15.4. The number of allylic oxidation sites excluding steroid dienone is 5. The molecule has 1 aromatic rings. The zero-order valence-electron chi connectivity index (χ0n) is 36.9. The molecule has 5 fully saturated rings. The van der Waals surface area contributed by atoms with Crippen LogP contribution in [0.3, 0.4) is 0 Å². The summed E-state index contributed by atoms with van der Waals surface area (Å²) in [6.07, 6.45) is 17.9. The SMILES string of the molecule is C=C(C)[C@@H]1CC[C@]2(NCCN3CCS(=O)(=O)CC3)CC[C@]3(C)[C@H](CC[C@@H]4[C@@]5(C)CC=C(C6=CC[C@@](CCOc7cccc(F)n7)(C(=O)O)CC6)C(C)(C)[C@@H]5CC[C@]43C)[C@@H]12. The van der Waals surface area contributed by atoms with Crippen molar-refractivity contribution < 1.29 is 27.4 Å². The Morgan fingerprint density at radius 2 is 1.73 bits per heavy atom. The molecule has 0 amide bonds. The highest BCUT2D eigenvalue weighted by atomic mass is 32.2. The molecule has 10 heteroatoms. The Hall–Kier alpha value is -2.56. The minimum Gasteiger partial charge on any atom is -0.481 e. The average molecular weight is 834 g/mol. The van der Waals surface area contributed by atoms with Gasteiger partial charge in [0.15, 0.2) is 9.84 Å². The summed E-state index contributed by atoms with van der Waals surface area (Å²) in [5.41, 5.74) is 4.00. The molecule has 4 saturated carbocycles. The highest BCUT2D eigenvalue weighted by Gasteiger charge is 2.70. The zero-order chi connectivity index (χ0) is 42.2. The fourth-order valence-electron chi connectivity index (χ4n) is 15.5. The molecule has 0 spiro atoms. The molecule has 8 rings (SSSR count). The normalized spacial score (nSPS) is 41.3. The van der Waals surface area contributed by atoms with E-state index in [1.54, 1.807) is 12.1 Å². The van der Waals surface area contributed by atoms with Crippen molar-refractivity contribution >= 4 is 15.8 Å². The van der Waals surface area contributed by atoms with Crippen LogP contribution in [0.1, 0.15) is 125 Å². The Bertz CT molecular complexity index is 1980. The Morgan fingerprint density at radius 3 is 2.41 bits per heavy atom. The smallest absolute Gasteiger partial charge is 0.310 e. The standard InChI is InChI=1S/C49H72FN3O5S/c1-33(2)35-15-22-49(51-26-27-53-28-31-59(56,57)32-29-53)24-23-46(6)37(42(35)49)11-12-39-45(5)18-16-36(44(3,4)38(45)17-19-47(39,46)7)34-13-20-48(21-14-34,43(54)55)25-30-58-41-10-8-9-40(50)52-41/h8-10,13,16,35,37-39,42,51H,1,11-12,14-15,17-32H2,2-7H3,(H,54,55)/t35-,37+,38-,39+,42+,45-,46+,47+,48+,49-/m0/s1. The van der Waals surface area contributed by atoms with Crippen LogP contribution in [0, 0.1) is 62.6 Å². The largest absolute Gasteiger partial charge is 0.481 e. The lowest BCUT2D eigenvalue weighted by molar-refractivity contribution is -0.221. The van der Waals surface area contributed by atoms with Gasteiger partial charge in [0.2, 0.25) is 11.8 Å². The van der Waals surface area contributed by atoms with E-state index < -0.39 is 27.2 Å². The average Bonchev–Trinajstić information content (AvgIpc) is 3.56. The van der Waals surface area contributed by atoms with Gasteiger partial charge in [0.1, 0.15) is 0 Å². The Balaban J connectivity index is 0.991. The summed E-state index contributed by atoms with van der Waals surface area (Å²) in [4.78, 5) is 18.9. The predicted molar refractivity (Wildman–Crippen MR) is 232 cm³/mol. The van der Waals surface area contributed by atoms with Crippen LogP contribution in [0.25, 0.3) is 0 Å². The van der Waals surface area contributed by atoms with Crippen LogP contribution in [0.15, 0.2) is 53.6 Å². The third-order valence-corrected chi connectivity index (χ3v) is 20.5. The molecule has 2 N–H and O–H groups in total. The molecule has 0 bridgehead atoms. The van der Waals surface area contributed by atoms with Crippen molar-refractivity contribution in [3.8, 4) is 5.88 Å². The van der Waals surface area contributed by atoms with Gasteiger partial charge in [-0.3, -0.25) is 4.79 Å². The first kappa shape index (κ1) is 43.1. The van der Waals surface area contributed by atoms with Gasteiger partial charge in [0, 0.05) is 37.8 Å². The molecule has 6 aliphatic carbocycles. The zero-order valence-corrected chi connectivity index (χ0v) is 37.7. The van der Waals surface area contributed by atoms with Gasteiger partial charge in [-0.15, -0.1) is 0 Å². The molecule has 10 atom stereocenters. The summed E-state index contributed by atoms with van der Waals surface area (Å²) >= 11 is 0. The minimum absolute atomic E-state index is 0.0199. The van der Waals surface area contributed by atoms with Crippen LogP contribution in [0.4, 0.5) is 4.39 Å². The maximum atomic E-state index is 13.6. The van der Waals surface area contributed by atoms with E-state index in [1.165, 1.54) is 74.2 Å². The van der Waals surface area contributed by atoms with Gasteiger partial charge in [0.25, 0.3) is 0 Å². The Morgan fingerprint density at radius 1 is 0.966 bits per heavy atom. The third kappa shape index (κ3) is 7.19. The lowest BCUT2D eigenvalue weighted by Crippen LogP contribution is -2.68. The number of hydrogen-bond donors (Lipinski definition) is 2. The van der Waals surface area contributed by atoms with Crippen LogP contribution in [0.5, 0.6) is 5.88 Å². The van der Waals surface area contributed by atoms with E-state index in [0.717, 1.165) is 25.9 Å². The topological polar surface area (TPSA) is 109 Å². The third-order valence-electron chi connectivity index (χ3n) is 18.9. The summed E-state index contributed by atoms with van der Waals surface area (Å²) in [5, 5.41) is 14.7. The molecule has 8 nitrogen and oxygen atoms in total. The maximum Gasteiger partial charge on any atom is 0.310 e.